The minimum Gasteiger partial charge on any atom is -0.497 e. The van der Waals surface area contributed by atoms with Crippen molar-refractivity contribution in [3.63, 3.8) is 0 Å². The van der Waals surface area contributed by atoms with Crippen molar-refractivity contribution in [1.29, 1.82) is 0 Å². The van der Waals surface area contributed by atoms with Crippen molar-refractivity contribution >= 4 is 0 Å². The van der Waals surface area contributed by atoms with Crippen LogP contribution in [0.3, 0.4) is 0 Å². The molecule has 4 heteroatoms. The Hall–Kier alpha value is -1.81. The zero-order valence-electron chi connectivity index (χ0n) is 17.6. The summed E-state index contributed by atoms with van der Waals surface area (Å²) in [6.07, 6.45) is 9.27. The highest BCUT2D eigenvalue weighted by Crippen LogP contribution is 2.31. The minimum atomic E-state index is 0.664. The molecular weight excluding hydrogens is 346 g/mol. The molecule has 0 atom stereocenters. The van der Waals surface area contributed by atoms with Crippen molar-refractivity contribution in [2.45, 2.75) is 64.3 Å². The van der Waals surface area contributed by atoms with Gasteiger partial charge in [0.15, 0.2) is 0 Å². The molecule has 1 aliphatic carbocycles. The number of rotatable bonds is 7. The van der Waals surface area contributed by atoms with Gasteiger partial charge < -0.3 is 9.64 Å². The highest BCUT2D eigenvalue weighted by molar-refractivity contribution is 5.30. The van der Waals surface area contributed by atoms with E-state index in [1.54, 1.807) is 7.11 Å². The van der Waals surface area contributed by atoms with Crippen LogP contribution in [-0.4, -0.2) is 41.4 Å². The maximum absolute atomic E-state index is 5.27. The summed E-state index contributed by atoms with van der Waals surface area (Å²) in [6, 6.07) is 10.7. The largest absolute Gasteiger partial charge is 0.497 e. The fourth-order valence-corrected chi connectivity index (χ4v) is 5.08. The van der Waals surface area contributed by atoms with Crippen molar-refractivity contribution in [2.24, 2.45) is 5.92 Å². The van der Waals surface area contributed by atoms with E-state index in [1.807, 2.05) is 12.1 Å². The molecule has 28 heavy (non-hydrogen) atoms. The van der Waals surface area contributed by atoms with Crippen LogP contribution in [0.4, 0.5) is 0 Å². The van der Waals surface area contributed by atoms with Gasteiger partial charge in [0.25, 0.3) is 0 Å². The Kier molecular flexibility index (Phi) is 6.36. The number of ether oxygens (including phenoxy) is 1. The van der Waals surface area contributed by atoms with Gasteiger partial charge in [-0.1, -0.05) is 25.0 Å². The van der Waals surface area contributed by atoms with E-state index in [2.05, 4.69) is 34.7 Å². The molecule has 152 valence electrons. The monoisotopic (exact) mass is 381 g/mol. The van der Waals surface area contributed by atoms with Crippen LogP contribution in [0.2, 0.25) is 0 Å². The maximum Gasteiger partial charge on any atom is 0.118 e. The van der Waals surface area contributed by atoms with Gasteiger partial charge in [-0.05, 0) is 75.4 Å². The Labute approximate surface area is 169 Å². The zero-order valence-corrected chi connectivity index (χ0v) is 17.6. The molecule has 0 unspecified atom stereocenters. The summed E-state index contributed by atoms with van der Waals surface area (Å²) in [4.78, 5) is 2.72. The second kappa shape index (κ2) is 9.13. The van der Waals surface area contributed by atoms with Crippen molar-refractivity contribution in [3.8, 4) is 5.75 Å². The summed E-state index contributed by atoms with van der Waals surface area (Å²) >= 11 is 0. The normalized spacial score (nSPS) is 19.4. The minimum absolute atomic E-state index is 0.664. The molecule has 0 bridgehead atoms. The quantitative estimate of drug-likeness (QED) is 0.685. The van der Waals surface area contributed by atoms with E-state index in [0.29, 0.717) is 5.92 Å². The standard InChI is InChI=1S/C24H35N3O/c1-3-27-24(17-22(25-27)16-19-8-10-23(28-2)11-9-19)21-12-14-26(15-13-21)18-20-6-4-5-7-20/h8-11,17,20-21H,3-7,12-16,18H2,1-2H3. The summed E-state index contributed by atoms with van der Waals surface area (Å²) in [7, 11) is 1.71. The Morgan fingerprint density at radius 2 is 1.75 bits per heavy atom. The van der Waals surface area contributed by atoms with Crippen LogP contribution < -0.4 is 4.74 Å². The van der Waals surface area contributed by atoms with Gasteiger partial charge in [0.2, 0.25) is 0 Å². The van der Waals surface area contributed by atoms with Gasteiger partial charge in [0.1, 0.15) is 5.75 Å². The van der Waals surface area contributed by atoms with E-state index < -0.39 is 0 Å². The van der Waals surface area contributed by atoms with Crippen LogP contribution in [0.1, 0.15) is 68.3 Å². The molecule has 2 fully saturated rings. The van der Waals surface area contributed by atoms with E-state index in [-0.39, 0.29) is 0 Å². The first kappa shape index (κ1) is 19.5. The fourth-order valence-electron chi connectivity index (χ4n) is 5.08. The molecule has 2 heterocycles. The zero-order chi connectivity index (χ0) is 19.3. The molecule has 1 saturated heterocycles. The Morgan fingerprint density at radius 1 is 1.04 bits per heavy atom. The predicted molar refractivity (Wildman–Crippen MR) is 114 cm³/mol. The smallest absolute Gasteiger partial charge is 0.118 e. The number of methoxy groups -OCH3 is 1. The lowest BCUT2D eigenvalue weighted by Crippen LogP contribution is -2.36. The SMILES string of the molecule is CCn1nc(Cc2ccc(OC)cc2)cc1C1CCN(CC2CCCC2)CC1. The van der Waals surface area contributed by atoms with Crippen LogP contribution in [0.25, 0.3) is 0 Å². The van der Waals surface area contributed by atoms with Crippen LogP contribution in [-0.2, 0) is 13.0 Å². The lowest BCUT2D eigenvalue weighted by molar-refractivity contribution is 0.181. The Morgan fingerprint density at radius 3 is 2.39 bits per heavy atom. The molecule has 0 spiro atoms. The molecule has 1 aromatic carbocycles. The summed E-state index contributed by atoms with van der Waals surface area (Å²) in [5, 5.41) is 4.92. The lowest BCUT2D eigenvalue weighted by Gasteiger charge is -2.33. The van der Waals surface area contributed by atoms with E-state index in [4.69, 9.17) is 9.84 Å². The first-order chi connectivity index (χ1) is 13.7. The van der Waals surface area contributed by atoms with Gasteiger partial charge in [-0.2, -0.15) is 5.10 Å². The number of likely N-dealkylation sites (tertiary alicyclic amines) is 1. The van der Waals surface area contributed by atoms with Gasteiger partial charge in [-0.25, -0.2) is 0 Å². The number of hydrogen-bond acceptors (Lipinski definition) is 3. The van der Waals surface area contributed by atoms with Gasteiger partial charge in [0, 0.05) is 31.1 Å². The molecule has 4 nitrogen and oxygen atoms in total. The highest BCUT2D eigenvalue weighted by Gasteiger charge is 2.26. The maximum atomic E-state index is 5.27. The number of piperidine rings is 1. The van der Waals surface area contributed by atoms with Crippen LogP contribution in [0, 0.1) is 5.92 Å². The number of nitrogens with zero attached hydrogens (tertiary/aromatic N) is 3. The molecule has 1 aliphatic heterocycles. The number of benzene rings is 1. The van der Waals surface area contributed by atoms with E-state index >= 15 is 0 Å². The van der Waals surface area contributed by atoms with Crippen LogP contribution in [0.15, 0.2) is 30.3 Å². The second-order valence-corrected chi connectivity index (χ2v) is 8.63. The van der Waals surface area contributed by atoms with Gasteiger partial charge in [-0.3, -0.25) is 4.68 Å². The predicted octanol–water partition coefficient (Wildman–Crippen LogP) is 4.87. The average molecular weight is 382 g/mol. The first-order valence-electron chi connectivity index (χ1n) is 11.2. The van der Waals surface area contributed by atoms with Gasteiger partial charge >= 0.3 is 0 Å². The van der Waals surface area contributed by atoms with Crippen molar-refractivity contribution in [3.05, 3.63) is 47.3 Å². The van der Waals surface area contributed by atoms with Crippen molar-refractivity contribution < 1.29 is 4.74 Å². The summed E-state index contributed by atoms with van der Waals surface area (Å²) in [6.45, 7) is 7.01. The summed E-state index contributed by atoms with van der Waals surface area (Å²) in [5.41, 5.74) is 3.93. The summed E-state index contributed by atoms with van der Waals surface area (Å²) in [5.74, 6) is 2.54. The third-order valence-electron chi connectivity index (χ3n) is 6.70. The van der Waals surface area contributed by atoms with E-state index in [0.717, 1.165) is 24.6 Å². The number of aromatic nitrogens is 2. The van der Waals surface area contributed by atoms with Gasteiger partial charge in [-0.15, -0.1) is 0 Å². The topological polar surface area (TPSA) is 30.3 Å². The third-order valence-corrected chi connectivity index (χ3v) is 6.70. The lowest BCUT2D eigenvalue weighted by atomic mass is 9.92. The highest BCUT2D eigenvalue weighted by atomic mass is 16.5. The molecule has 2 aliphatic rings. The molecule has 1 saturated carbocycles. The number of aryl methyl sites for hydroxylation is 1. The Bertz CT molecular complexity index is 738. The molecule has 1 aromatic heterocycles. The second-order valence-electron chi connectivity index (χ2n) is 8.63. The fraction of sp³-hybridized carbons (Fsp3) is 0.625. The van der Waals surface area contributed by atoms with Crippen molar-refractivity contribution in [1.82, 2.24) is 14.7 Å². The number of hydrogen-bond donors (Lipinski definition) is 0. The molecular formula is C24H35N3O. The summed E-state index contributed by atoms with van der Waals surface area (Å²) < 4.78 is 7.51. The Balaban J connectivity index is 1.37. The molecule has 0 N–H and O–H groups in total. The molecule has 0 radical (unpaired) electrons. The average Bonchev–Trinajstić information content (AvgIpc) is 3.39. The van der Waals surface area contributed by atoms with Gasteiger partial charge in [0.05, 0.1) is 12.8 Å². The molecule has 4 rings (SSSR count). The first-order valence-corrected chi connectivity index (χ1v) is 11.2. The van der Waals surface area contributed by atoms with Crippen LogP contribution in [0.5, 0.6) is 5.75 Å². The molecule has 2 aromatic rings. The third kappa shape index (κ3) is 4.60. The molecule has 0 amide bonds. The van der Waals surface area contributed by atoms with Crippen molar-refractivity contribution in [2.75, 3.05) is 26.7 Å². The van der Waals surface area contributed by atoms with E-state index in [9.17, 15) is 0 Å². The van der Waals surface area contributed by atoms with E-state index in [1.165, 1.54) is 75.1 Å². The van der Waals surface area contributed by atoms with Crippen LogP contribution >= 0.6 is 0 Å².